The second-order valence-electron chi connectivity index (χ2n) is 6.06. The van der Waals surface area contributed by atoms with Gasteiger partial charge in [-0.2, -0.15) is 5.21 Å². The van der Waals surface area contributed by atoms with E-state index in [9.17, 15) is 4.79 Å². The van der Waals surface area contributed by atoms with Crippen LogP contribution in [0, 0.1) is 5.92 Å². The van der Waals surface area contributed by atoms with E-state index < -0.39 is 0 Å². The van der Waals surface area contributed by atoms with Crippen LogP contribution in [0.5, 0.6) is 0 Å². The van der Waals surface area contributed by atoms with E-state index in [1.807, 2.05) is 13.2 Å². The van der Waals surface area contributed by atoms with Crippen LogP contribution in [-0.4, -0.2) is 37.1 Å². The van der Waals surface area contributed by atoms with E-state index in [0.29, 0.717) is 17.6 Å². The largest absolute Gasteiger partial charge is 0.348 e. The topological polar surface area (TPSA) is 88.5 Å². The van der Waals surface area contributed by atoms with Gasteiger partial charge in [-0.15, -0.1) is 10.2 Å². The molecule has 0 radical (unpaired) electrons. The SMILES string of the molecule is CCC1CCC(NC(=O)c2cc(-c3nn[nH]n3)cn2C)CC1. The molecule has 2 aromatic heterocycles. The first-order valence-corrected chi connectivity index (χ1v) is 7.88. The minimum absolute atomic E-state index is 0.0304. The summed E-state index contributed by atoms with van der Waals surface area (Å²) < 4.78 is 1.80. The summed E-state index contributed by atoms with van der Waals surface area (Å²) in [5.41, 5.74) is 1.41. The zero-order valence-electron chi connectivity index (χ0n) is 13.0. The van der Waals surface area contributed by atoms with Crippen LogP contribution in [0.1, 0.15) is 49.5 Å². The molecule has 3 rings (SSSR count). The van der Waals surface area contributed by atoms with Crippen molar-refractivity contribution in [2.45, 2.75) is 45.1 Å². The minimum Gasteiger partial charge on any atom is -0.348 e. The van der Waals surface area contributed by atoms with Gasteiger partial charge in [-0.1, -0.05) is 13.3 Å². The number of aryl methyl sites for hydroxylation is 1. The van der Waals surface area contributed by atoms with Crippen LogP contribution in [0.3, 0.4) is 0 Å². The molecule has 2 aromatic rings. The molecule has 2 heterocycles. The molecule has 7 nitrogen and oxygen atoms in total. The van der Waals surface area contributed by atoms with Crippen molar-refractivity contribution in [3.63, 3.8) is 0 Å². The van der Waals surface area contributed by atoms with Gasteiger partial charge in [0.1, 0.15) is 5.69 Å². The van der Waals surface area contributed by atoms with Crippen LogP contribution in [0.15, 0.2) is 12.3 Å². The van der Waals surface area contributed by atoms with E-state index >= 15 is 0 Å². The maximum absolute atomic E-state index is 12.5. The van der Waals surface area contributed by atoms with Gasteiger partial charge in [0, 0.05) is 24.8 Å². The Balaban J connectivity index is 1.65. The molecule has 0 aromatic carbocycles. The minimum atomic E-state index is -0.0304. The van der Waals surface area contributed by atoms with Crippen LogP contribution in [0.2, 0.25) is 0 Å². The van der Waals surface area contributed by atoms with E-state index in [4.69, 9.17) is 0 Å². The van der Waals surface area contributed by atoms with Gasteiger partial charge in [0.2, 0.25) is 5.82 Å². The fraction of sp³-hybridized carbons (Fsp3) is 0.600. The van der Waals surface area contributed by atoms with Crippen LogP contribution in [0.25, 0.3) is 11.4 Å². The molecule has 22 heavy (non-hydrogen) atoms. The van der Waals surface area contributed by atoms with Crippen LogP contribution >= 0.6 is 0 Å². The van der Waals surface area contributed by atoms with Crippen molar-refractivity contribution >= 4 is 5.91 Å². The number of H-pyrrole nitrogens is 1. The molecule has 7 heteroatoms. The third kappa shape index (κ3) is 3.03. The predicted molar refractivity (Wildman–Crippen MR) is 82.1 cm³/mol. The summed E-state index contributed by atoms with van der Waals surface area (Å²) >= 11 is 0. The Bertz CT molecular complexity index is 625. The quantitative estimate of drug-likeness (QED) is 0.903. The van der Waals surface area contributed by atoms with Crippen molar-refractivity contribution < 1.29 is 4.79 Å². The highest BCUT2D eigenvalue weighted by Crippen LogP contribution is 2.26. The molecule has 0 bridgehead atoms. The average Bonchev–Trinajstić information content (AvgIpc) is 3.17. The molecule has 1 saturated carbocycles. The summed E-state index contributed by atoms with van der Waals surface area (Å²) in [5, 5.41) is 17.0. The maximum atomic E-state index is 12.5. The van der Waals surface area contributed by atoms with Gasteiger partial charge >= 0.3 is 0 Å². The second-order valence-corrected chi connectivity index (χ2v) is 6.06. The number of aromatic amines is 1. The van der Waals surface area contributed by atoms with Gasteiger partial charge in [-0.05, 0) is 42.9 Å². The molecule has 1 fully saturated rings. The molecule has 1 aliphatic rings. The lowest BCUT2D eigenvalue weighted by Gasteiger charge is -2.28. The van der Waals surface area contributed by atoms with Crippen molar-refractivity contribution in [2.75, 3.05) is 0 Å². The van der Waals surface area contributed by atoms with Crippen LogP contribution in [-0.2, 0) is 7.05 Å². The number of amides is 1. The van der Waals surface area contributed by atoms with Gasteiger partial charge in [0.05, 0.1) is 0 Å². The Labute approximate surface area is 129 Å². The van der Waals surface area contributed by atoms with Crippen molar-refractivity contribution in [1.82, 2.24) is 30.5 Å². The zero-order chi connectivity index (χ0) is 15.5. The van der Waals surface area contributed by atoms with Crippen LogP contribution in [0.4, 0.5) is 0 Å². The first-order valence-electron chi connectivity index (χ1n) is 7.88. The Kier molecular flexibility index (Phi) is 4.22. The van der Waals surface area contributed by atoms with Crippen molar-refractivity contribution in [2.24, 2.45) is 13.0 Å². The normalized spacial score (nSPS) is 21.7. The lowest BCUT2D eigenvalue weighted by molar-refractivity contribution is 0.0913. The zero-order valence-corrected chi connectivity index (χ0v) is 13.0. The predicted octanol–water partition coefficient (Wildman–Crippen LogP) is 1.90. The Morgan fingerprint density at radius 1 is 1.41 bits per heavy atom. The third-order valence-electron chi connectivity index (χ3n) is 4.60. The molecule has 2 N–H and O–H groups in total. The monoisotopic (exact) mass is 302 g/mol. The highest BCUT2D eigenvalue weighted by atomic mass is 16.2. The maximum Gasteiger partial charge on any atom is 0.268 e. The van der Waals surface area contributed by atoms with Crippen molar-refractivity contribution in [1.29, 1.82) is 0 Å². The molecular formula is C15H22N6O. The number of hydrogen-bond acceptors (Lipinski definition) is 4. The Morgan fingerprint density at radius 2 is 2.18 bits per heavy atom. The first kappa shape index (κ1) is 14.7. The van der Waals surface area contributed by atoms with E-state index in [2.05, 4.69) is 32.9 Å². The molecule has 0 unspecified atom stereocenters. The number of tetrazole rings is 1. The number of carbonyl (C=O) groups excluding carboxylic acids is 1. The molecule has 0 spiro atoms. The number of carbonyl (C=O) groups is 1. The van der Waals surface area contributed by atoms with Crippen LogP contribution < -0.4 is 5.32 Å². The molecule has 1 amide bonds. The lowest BCUT2D eigenvalue weighted by Crippen LogP contribution is -2.38. The first-order chi connectivity index (χ1) is 10.7. The summed E-state index contributed by atoms with van der Waals surface area (Å²) in [6.07, 6.45) is 7.66. The fourth-order valence-corrected chi connectivity index (χ4v) is 3.17. The third-order valence-corrected chi connectivity index (χ3v) is 4.60. The molecule has 0 aliphatic heterocycles. The number of nitrogens with one attached hydrogen (secondary N) is 2. The van der Waals surface area contributed by atoms with Gasteiger partial charge in [0.15, 0.2) is 0 Å². The molecular weight excluding hydrogens is 280 g/mol. The van der Waals surface area contributed by atoms with Gasteiger partial charge in [-0.3, -0.25) is 4.79 Å². The summed E-state index contributed by atoms with van der Waals surface area (Å²) in [6.45, 7) is 2.24. The molecule has 0 atom stereocenters. The number of hydrogen-bond donors (Lipinski definition) is 2. The van der Waals surface area contributed by atoms with E-state index in [1.165, 1.54) is 19.3 Å². The number of nitrogens with zero attached hydrogens (tertiary/aromatic N) is 4. The lowest BCUT2D eigenvalue weighted by atomic mass is 9.84. The van der Waals surface area contributed by atoms with E-state index in [1.54, 1.807) is 10.6 Å². The molecule has 1 aliphatic carbocycles. The van der Waals surface area contributed by atoms with E-state index in [-0.39, 0.29) is 5.91 Å². The highest BCUT2D eigenvalue weighted by molar-refractivity contribution is 5.94. The second kappa shape index (κ2) is 6.29. The van der Waals surface area contributed by atoms with Gasteiger partial charge < -0.3 is 9.88 Å². The molecule has 118 valence electrons. The summed E-state index contributed by atoms with van der Waals surface area (Å²) in [5.74, 6) is 1.29. The van der Waals surface area contributed by atoms with Crippen molar-refractivity contribution in [3.05, 3.63) is 18.0 Å². The summed E-state index contributed by atoms with van der Waals surface area (Å²) in [6, 6.07) is 2.09. The number of aromatic nitrogens is 5. The highest BCUT2D eigenvalue weighted by Gasteiger charge is 2.23. The molecule has 0 saturated heterocycles. The Hall–Kier alpha value is -2.18. The Morgan fingerprint density at radius 3 is 2.82 bits per heavy atom. The van der Waals surface area contributed by atoms with Gasteiger partial charge in [-0.25, -0.2) is 0 Å². The van der Waals surface area contributed by atoms with Crippen molar-refractivity contribution in [3.8, 4) is 11.4 Å². The fourth-order valence-electron chi connectivity index (χ4n) is 3.17. The smallest absolute Gasteiger partial charge is 0.268 e. The summed E-state index contributed by atoms with van der Waals surface area (Å²) in [4.78, 5) is 12.5. The number of rotatable bonds is 4. The van der Waals surface area contributed by atoms with E-state index in [0.717, 1.165) is 24.3 Å². The standard InChI is InChI=1S/C15H22N6O/c1-3-10-4-6-12(7-5-10)16-15(22)13-8-11(9-21(13)2)14-17-19-20-18-14/h8-10,12H,3-7H2,1-2H3,(H,16,22)(H,17,18,19,20). The summed E-state index contributed by atoms with van der Waals surface area (Å²) in [7, 11) is 1.85. The average molecular weight is 302 g/mol. The van der Waals surface area contributed by atoms with Gasteiger partial charge in [0.25, 0.3) is 5.91 Å².